The fourth-order valence-electron chi connectivity index (χ4n) is 1.67. The van der Waals surface area contributed by atoms with Gasteiger partial charge in [-0.05, 0) is 52.2 Å². The Bertz CT molecular complexity index is 533. The van der Waals surface area contributed by atoms with Crippen LogP contribution in [0.4, 0.5) is 5.69 Å². The van der Waals surface area contributed by atoms with E-state index in [1.807, 2.05) is 24.3 Å². The van der Waals surface area contributed by atoms with Gasteiger partial charge >= 0.3 is 0 Å². The lowest BCUT2D eigenvalue weighted by molar-refractivity contribution is 0.103. The third-order valence-electron chi connectivity index (χ3n) is 2.55. The maximum absolute atomic E-state index is 11.9. The van der Waals surface area contributed by atoms with Crippen molar-refractivity contribution in [1.29, 1.82) is 0 Å². The number of carbonyl (C=O) groups is 1. The molecule has 2 aromatic rings. The molecule has 0 aliphatic rings. The SMILES string of the molecule is CCCc1ccc(NC(=O)c2ccc(Br)s2)cc1. The molecule has 0 spiro atoms. The van der Waals surface area contributed by atoms with E-state index in [0.717, 1.165) is 22.3 Å². The molecule has 1 aromatic heterocycles. The van der Waals surface area contributed by atoms with Crippen LogP contribution in [0.25, 0.3) is 0 Å². The van der Waals surface area contributed by atoms with Crippen LogP contribution in [0.1, 0.15) is 28.6 Å². The lowest BCUT2D eigenvalue weighted by atomic mass is 10.1. The molecule has 1 heterocycles. The average Bonchev–Trinajstić information content (AvgIpc) is 2.79. The summed E-state index contributed by atoms with van der Waals surface area (Å²) in [6, 6.07) is 11.7. The van der Waals surface area contributed by atoms with Crippen molar-refractivity contribution in [3.05, 3.63) is 50.6 Å². The molecule has 4 heteroatoms. The molecular formula is C14H14BrNOS. The Morgan fingerprint density at radius 3 is 2.50 bits per heavy atom. The Kier molecular flexibility index (Phi) is 4.55. The van der Waals surface area contributed by atoms with Gasteiger partial charge in [-0.25, -0.2) is 0 Å². The van der Waals surface area contributed by atoms with E-state index in [4.69, 9.17) is 0 Å². The van der Waals surface area contributed by atoms with Gasteiger partial charge in [-0.1, -0.05) is 25.5 Å². The van der Waals surface area contributed by atoms with Gasteiger partial charge in [0.2, 0.25) is 0 Å². The number of anilines is 1. The van der Waals surface area contributed by atoms with Crippen LogP contribution in [-0.4, -0.2) is 5.91 Å². The van der Waals surface area contributed by atoms with Crippen LogP contribution < -0.4 is 5.32 Å². The van der Waals surface area contributed by atoms with Crippen LogP contribution in [0, 0.1) is 0 Å². The van der Waals surface area contributed by atoms with Crippen molar-refractivity contribution in [2.75, 3.05) is 5.32 Å². The first kappa shape index (κ1) is 13.3. The first-order chi connectivity index (χ1) is 8.69. The first-order valence-corrected chi connectivity index (χ1v) is 7.45. The minimum atomic E-state index is -0.0612. The molecule has 0 unspecified atom stereocenters. The summed E-state index contributed by atoms with van der Waals surface area (Å²) >= 11 is 4.78. The lowest BCUT2D eigenvalue weighted by Crippen LogP contribution is -2.09. The molecule has 0 fully saturated rings. The van der Waals surface area contributed by atoms with Crippen molar-refractivity contribution in [2.45, 2.75) is 19.8 Å². The molecule has 0 saturated heterocycles. The number of rotatable bonds is 4. The van der Waals surface area contributed by atoms with Crippen molar-refractivity contribution in [3.8, 4) is 0 Å². The largest absolute Gasteiger partial charge is 0.321 e. The molecule has 1 N–H and O–H groups in total. The molecule has 0 bridgehead atoms. The molecule has 0 atom stereocenters. The number of aryl methyl sites for hydroxylation is 1. The standard InChI is InChI=1S/C14H14BrNOS/c1-2-3-10-4-6-11(7-5-10)16-14(17)12-8-9-13(15)18-12/h4-9H,2-3H2,1H3,(H,16,17). The minimum absolute atomic E-state index is 0.0612. The van der Waals surface area contributed by atoms with Crippen LogP contribution in [0.2, 0.25) is 0 Å². The number of thiophene rings is 1. The summed E-state index contributed by atoms with van der Waals surface area (Å²) in [6.45, 7) is 2.16. The molecule has 1 amide bonds. The summed E-state index contributed by atoms with van der Waals surface area (Å²) in [7, 11) is 0. The van der Waals surface area contributed by atoms with Crippen LogP contribution in [0.15, 0.2) is 40.2 Å². The second-order valence-electron chi connectivity index (χ2n) is 4.00. The fourth-order valence-corrected chi connectivity index (χ4v) is 2.95. The summed E-state index contributed by atoms with van der Waals surface area (Å²) in [5.41, 5.74) is 2.14. The van der Waals surface area contributed by atoms with Crippen LogP contribution in [0.3, 0.4) is 0 Å². The van der Waals surface area contributed by atoms with Crippen molar-refractivity contribution in [3.63, 3.8) is 0 Å². The van der Waals surface area contributed by atoms with Crippen LogP contribution in [-0.2, 0) is 6.42 Å². The summed E-state index contributed by atoms with van der Waals surface area (Å²) < 4.78 is 0.964. The van der Waals surface area contributed by atoms with Gasteiger partial charge in [-0.15, -0.1) is 11.3 Å². The summed E-state index contributed by atoms with van der Waals surface area (Å²) in [5, 5.41) is 2.89. The number of hydrogen-bond donors (Lipinski definition) is 1. The maximum Gasteiger partial charge on any atom is 0.265 e. The van der Waals surface area contributed by atoms with Gasteiger partial charge in [0.1, 0.15) is 0 Å². The highest BCUT2D eigenvalue weighted by molar-refractivity contribution is 9.11. The number of hydrogen-bond acceptors (Lipinski definition) is 2. The molecule has 0 aliphatic heterocycles. The van der Waals surface area contributed by atoms with Crippen molar-refractivity contribution < 1.29 is 4.79 Å². The second kappa shape index (κ2) is 6.16. The third-order valence-corrected chi connectivity index (χ3v) is 4.17. The van der Waals surface area contributed by atoms with Crippen LogP contribution in [0.5, 0.6) is 0 Å². The predicted molar refractivity (Wildman–Crippen MR) is 80.4 cm³/mol. The van der Waals surface area contributed by atoms with E-state index in [9.17, 15) is 4.79 Å². The molecule has 1 aromatic carbocycles. The predicted octanol–water partition coefficient (Wildman–Crippen LogP) is 4.72. The number of nitrogens with one attached hydrogen (secondary N) is 1. The number of halogens is 1. The first-order valence-electron chi connectivity index (χ1n) is 5.84. The molecule has 2 nitrogen and oxygen atoms in total. The Labute approximate surface area is 119 Å². The van der Waals surface area contributed by atoms with Crippen LogP contribution >= 0.6 is 27.3 Å². The van der Waals surface area contributed by atoms with E-state index in [-0.39, 0.29) is 5.91 Å². The number of carbonyl (C=O) groups excluding carboxylic acids is 1. The highest BCUT2D eigenvalue weighted by Crippen LogP contribution is 2.23. The summed E-state index contributed by atoms with van der Waals surface area (Å²) in [6.07, 6.45) is 2.21. The zero-order chi connectivity index (χ0) is 13.0. The Morgan fingerprint density at radius 2 is 1.94 bits per heavy atom. The normalized spacial score (nSPS) is 10.3. The van der Waals surface area contributed by atoms with E-state index < -0.39 is 0 Å². The quantitative estimate of drug-likeness (QED) is 0.866. The van der Waals surface area contributed by atoms with Crippen molar-refractivity contribution >= 4 is 38.9 Å². The minimum Gasteiger partial charge on any atom is -0.321 e. The molecular weight excluding hydrogens is 310 g/mol. The van der Waals surface area contributed by atoms with Gasteiger partial charge in [-0.3, -0.25) is 4.79 Å². The Hall–Kier alpha value is -1.13. The highest BCUT2D eigenvalue weighted by atomic mass is 79.9. The zero-order valence-electron chi connectivity index (χ0n) is 10.1. The summed E-state index contributed by atoms with van der Waals surface area (Å²) in [5.74, 6) is -0.0612. The monoisotopic (exact) mass is 323 g/mol. The highest BCUT2D eigenvalue weighted by Gasteiger charge is 2.08. The average molecular weight is 324 g/mol. The lowest BCUT2D eigenvalue weighted by Gasteiger charge is -2.04. The molecule has 2 rings (SSSR count). The number of amides is 1. The molecule has 0 aliphatic carbocycles. The fraction of sp³-hybridized carbons (Fsp3) is 0.214. The molecule has 0 radical (unpaired) electrons. The van der Waals surface area contributed by atoms with Gasteiger partial charge in [0, 0.05) is 5.69 Å². The molecule has 0 saturated carbocycles. The Morgan fingerprint density at radius 1 is 1.22 bits per heavy atom. The smallest absolute Gasteiger partial charge is 0.265 e. The van der Waals surface area contributed by atoms with Crippen molar-refractivity contribution in [1.82, 2.24) is 0 Å². The zero-order valence-corrected chi connectivity index (χ0v) is 12.5. The third kappa shape index (κ3) is 3.43. The maximum atomic E-state index is 11.9. The molecule has 18 heavy (non-hydrogen) atoms. The number of benzene rings is 1. The molecule has 94 valence electrons. The topological polar surface area (TPSA) is 29.1 Å². The second-order valence-corrected chi connectivity index (χ2v) is 6.47. The van der Waals surface area contributed by atoms with E-state index in [1.54, 1.807) is 0 Å². The van der Waals surface area contributed by atoms with Gasteiger partial charge in [0.15, 0.2) is 0 Å². The van der Waals surface area contributed by atoms with E-state index in [0.29, 0.717) is 4.88 Å². The van der Waals surface area contributed by atoms with Gasteiger partial charge < -0.3 is 5.32 Å². The van der Waals surface area contributed by atoms with E-state index in [2.05, 4.69) is 40.3 Å². The van der Waals surface area contributed by atoms with E-state index >= 15 is 0 Å². The van der Waals surface area contributed by atoms with Gasteiger partial charge in [-0.2, -0.15) is 0 Å². The Balaban J connectivity index is 2.03. The van der Waals surface area contributed by atoms with Gasteiger partial charge in [0.25, 0.3) is 5.91 Å². The van der Waals surface area contributed by atoms with Gasteiger partial charge in [0.05, 0.1) is 8.66 Å². The van der Waals surface area contributed by atoms with E-state index in [1.165, 1.54) is 16.9 Å². The summed E-state index contributed by atoms with van der Waals surface area (Å²) in [4.78, 5) is 12.6. The van der Waals surface area contributed by atoms with Crippen molar-refractivity contribution in [2.24, 2.45) is 0 Å².